The number of hydrogen-bond acceptors (Lipinski definition) is 7. The molecular formula is C13H21ClF3N5OS2. The van der Waals surface area contributed by atoms with Gasteiger partial charge in [-0.25, -0.2) is 0 Å². The van der Waals surface area contributed by atoms with Crippen molar-refractivity contribution in [2.24, 2.45) is 5.73 Å². The van der Waals surface area contributed by atoms with E-state index in [0.717, 1.165) is 0 Å². The summed E-state index contributed by atoms with van der Waals surface area (Å²) in [4.78, 5) is 15.8. The highest BCUT2D eigenvalue weighted by molar-refractivity contribution is 8.00. The smallest absolute Gasteiger partial charge is 0.343 e. The second-order valence-corrected chi connectivity index (χ2v) is 8.40. The third kappa shape index (κ3) is 5.11. The van der Waals surface area contributed by atoms with Gasteiger partial charge >= 0.3 is 6.18 Å². The molecule has 0 spiro atoms. The largest absolute Gasteiger partial charge is 0.445 e. The lowest BCUT2D eigenvalue weighted by Crippen LogP contribution is -2.57. The highest BCUT2D eigenvalue weighted by atomic mass is 35.5. The maximum atomic E-state index is 12.6. The zero-order chi connectivity index (χ0) is 18.1. The van der Waals surface area contributed by atoms with Gasteiger partial charge in [0.15, 0.2) is 0 Å². The summed E-state index contributed by atoms with van der Waals surface area (Å²) in [6.07, 6.45) is -2.58. The number of piperazine rings is 1. The Balaban J connectivity index is 0.00000312. The number of alkyl halides is 3. The van der Waals surface area contributed by atoms with Crippen LogP contribution in [0.4, 0.5) is 18.3 Å². The molecule has 0 unspecified atom stereocenters. The second-order valence-electron chi connectivity index (χ2n) is 5.99. The van der Waals surface area contributed by atoms with Gasteiger partial charge in [0.1, 0.15) is 0 Å². The molecule has 2 rings (SSSR count). The molecule has 0 aromatic carbocycles. The van der Waals surface area contributed by atoms with Crippen LogP contribution in [0.15, 0.2) is 0 Å². The van der Waals surface area contributed by atoms with Gasteiger partial charge in [-0.05, 0) is 20.1 Å². The third-order valence-corrected chi connectivity index (χ3v) is 6.39. The number of amides is 1. The van der Waals surface area contributed by atoms with Crippen LogP contribution in [-0.2, 0) is 11.0 Å². The van der Waals surface area contributed by atoms with Gasteiger partial charge in [0, 0.05) is 30.9 Å². The predicted octanol–water partition coefficient (Wildman–Crippen LogP) is 2.10. The number of nitrogens with two attached hydrogens (primary N) is 1. The van der Waals surface area contributed by atoms with E-state index in [0.29, 0.717) is 37.5 Å². The first kappa shape index (κ1) is 22.3. The fourth-order valence-electron chi connectivity index (χ4n) is 2.20. The van der Waals surface area contributed by atoms with Crippen molar-refractivity contribution in [1.82, 2.24) is 15.1 Å². The molecule has 1 saturated heterocycles. The first-order valence-electron chi connectivity index (χ1n) is 7.31. The number of anilines is 1. The van der Waals surface area contributed by atoms with Crippen molar-refractivity contribution in [2.75, 3.05) is 37.3 Å². The normalized spacial score (nSPS) is 17.2. The van der Waals surface area contributed by atoms with Gasteiger partial charge in [0.05, 0.1) is 6.04 Å². The van der Waals surface area contributed by atoms with Crippen molar-refractivity contribution in [3.05, 3.63) is 5.01 Å². The van der Waals surface area contributed by atoms with Crippen molar-refractivity contribution in [2.45, 2.75) is 30.8 Å². The van der Waals surface area contributed by atoms with Gasteiger partial charge in [0.25, 0.3) is 0 Å². The van der Waals surface area contributed by atoms with E-state index >= 15 is 0 Å². The Bertz CT molecular complexity index is 590. The van der Waals surface area contributed by atoms with Gasteiger partial charge < -0.3 is 15.5 Å². The molecule has 1 aliphatic heterocycles. The number of halogens is 4. The number of aromatic nitrogens is 2. The molecule has 0 saturated carbocycles. The summed E-state index contributed by atoms with van der Waals surface area (Å²) in [7, 11) is 0. The molecule has 1 fully saturated rings. The number of carbonyl (C=O) groups excluding carboxylic acids is 1. The van der Waals surface area contributed by atoms with Crippen LogP contribution in [0.25, 0.3) is 0 Å². The minimum atomic E-state index is -4.48. The van der Waals surface area contributed by atoms with Crippen molar-refractivity contribution in [3.8, 4) is 0 Å². The number of carbonyl (C=O) groups is 1. The van der Waals surface area contributed by atoms with Crippen LogP contribution in [0.3, 0.4) is 0 Å². The summed E-state index contributed by atoms with van der Waals surface area (Å²) in [6.45, 7) is 5.44. The SMILES string of the molecule is CSC(C)(C)[C@H](N)C(=O)N1CCN(c2nnc(C(F)(F)F)s2)CC1.Cl. The molecule has 2 N–H and O–H groups in total. The molecule has 0 bridgehead atoms. The highest BCUT2D eigenvalue weighted by Crippen LogP contribution is 2.34. The molecule has 1 aliphatic rings. The average Bonchev–Trinajstić information content (AvgIpc) is 3.04. The lowest BCUT2D eigenvalue weighted by molar-refractivity contribution is -0.138. The van der Waals surface area contributed by atoms with Crippen molar-refractivity contribution < 1.29 is 18.0 Å². The van der Waals surface area contributed by atoms with Crippen LogP contribution in [0.1, 0.15) is 18.9 Å². The van der Waals surface area contributed by atoms with Gasteiger partial charge in [-0.1, -0.05) is 11.3 Å². The Morgan fingerprint density at radius 2 is 1.80 bits per heavy atom. The van der Waals surface area contributed by atoms with E-state index in [1.54, 1.807) is 9.80 Å². The molecule has 0 aliphatic carbocycles. The summed E-state index contributed by atoms with van der Waals surface area (Å²) in [5, 5.41) is 6.06. The Labute approximate surface area is 158 Å². The molecule has 1 aromatic heterocycles. The maximum Gasteiger partial charge on any atom is 0.445 e. The van der Waals surface area contributed by atoms with Crippen LogP contribution in [0, 0.1) is 0 Å². The second kappa shape index (κ2) is 8.28. The molecule has 6 nitrogen and oxygen atoms in total. The van der Waals surface area contributed by atoms with E-state index in [-0.39, 0.29) is 28.2 Å². The first-order chi connectivity index (χ1) is 11.1. The Morgan fingerprint density at radius 1 is 1.24 bits per heavy atom. The summed E-state index contributed by atoms with van der Waals surface area (Å²) in [5.41, 5.74) is 6.06. The molecule has 0 radical (unpaired) electrons. The highest BCUT2D eigenvalue weighted by Gasteiger charge is 2.38. The van der Waals surface area contributed by atoms with Crippen LogP contribution in [0.2, 0.25) is 0 Å². The van der Waals surface area contributed by atoms with Gasteiger partial charge in [-0.15, -0.1) is 22.6 Å². The van der Waals surface area contributed by atoms with Crippen LogP contribution >= 0.6 is 35.5 Å². The Hall–Kier alpha value is -0.780. The predicted molar refractivity (Wildman–Crippen MR) is 96.5 cm³/mol. The van der Waals surface area contributed by atoms with Crippen LogP contribution in [-0.4, -0.2) is 64.2 Å². The fourth-order valence-corrected chi connectivity index (χ4v) is 3.32. The van der Waals surface area contributed by atoms with E-state index in [9.17, 15) is 18.0 Å². The van der Waals surface area contributed by atoms with Gasteiger partial charge in [-0.3, -0.25) is 4.79 Å². The standard InChI is InChI=1S/C13H20F3N5OS2.ClH/c1-12(2,23-3)8(17)9(22)20-4-6-21(7-5-20)11-19-18-10(24-11)13(14,15)16;/h8H,4-7,17H2,1-3H3;1H/t8-;/m1./s1. The third-order valence-electron chi connectivity index (χ3n) is 4.06. The van der Waals surface area contributed by atoms with Crippen molar-refractivity contribution >= 4 is 46.5 Å². The summed E-state index contributed by atoms with van der Waals surface area (Å²) >= 11 is 2.04. The molecular weight excluding hydrogens is 399 g/mol. The molecule has 1 atom stereocenters. The van der Waals surface area contributed by atoms with Gasteiger partial charge in [0.2, 0.25) is 16.0 Å². The molecule has 12 heteroatoms. The van der Waals surface area contributed by atoms with Crippen LogP contribution in [0.5, 0.6) is 0 Å². The number of nitrogens with zero attached hydrogens (tertiary/aromatic N) is 4. The summed E-state index contributed by atoms with van der Waals surface area (Å²) in [6, 6.07) is -0.627. The lowest BCUT2D eigenvalue weighted by atomic mass is 10.0. The van der Waals surface area contributed by atoms with Gasteiger partial charge in [-0.2, -0.15) is 24.9 Å². The quantitative estimate of drug-likeness (QED) is 0.805. The van der Waals surface area contributed by atoms with E-state index in [1.165, 1.54) is 11.8 Å². The van der Waals surface area contributed by atoms with Crippen LogP contribution < -0.4 is 10.6 Å². The first-order valence-corrected chi connectivity index (χ1v) is 9.35. The average molecular weight is 420 g/mol. The molecule has 1 amide bonds. The minimum Gasteiger partial charge on any atom is -0.343 e. The minimum absolute atomic E-state index is 0. The van der Waals surface area contributed by atoms with Crippen molar-refractivity contribution in [3.63, 3.8) is 0 Å². The Kier molecular flexibility index (Phi) is 7.37. The van der Waals surface area contributed by atoms with E-state index in [4.69, 9.17) is 5.73 Å². The van der Waals surface area contributed by atoms with E-state index < -0.39 is 17.2 Å². The molecule has 1 aromatic rings. The van der Waals surface area contributed by atoms with E-state index in [1.807, 2.05) is 20.1 Å². The fraction of sp³-hybridized carbons (Fsp3) is 0.769. The number of thioether (sulfide) groups is 1. The number of rotatable bonds is 4. The van der Waals surface area contributed by atoms with E-state index in [2.05, 4.69) is 10.2 Å². The molecule has 25 heavy (non-hydrogen) atoms. The maximum absolute atomic E-state index is 12.6. The molecule has 144 valence electrons. The Morgan fingerprint density at radius 3 is 2.24 bits per heavy atom. The zero-order valence-corrected chi connectivity index (χ0v) is 16.5. The summed E-state index contributed by atoms with van der Waals surface area (Å²) in [5.74, 6) is -0.137. The zero-order valence-electron chi connectivity index (χ0n) is 14.0. The summed E-state index contributed by atoms with van der Waals surface area (Å²) < 4.78 is 37.4. The lowest BCUT2D eigenvalue weighted by Gasteiger charge is -2.38. The monoisotopic (exact) mass is 419 g/mol. The van der Waals surface area contributed by atoms with Crippen molar-refractivity contribution in [1.29, 1.82) is 0 Å². The molecule has 2 heterocycles. The topological polar surface area (TPSA) is 75.4 Å². The number of hydrogen-bond donors (Lipinski definition) is 1.